The molecule has 4 N–H and O–H groups in total. The molecular weight excluding hydrogens is 421 g/mol. The van der Waals surface area contributed by atoms with E-state index in [0.29, 0.717) is 17.7 Å². The Morgan fingerprint density at radius 1 is 1.47 bits per heavy atom. The Balaban J connectivity index is 1.89. The second kappa shape index (κ2) is 7.97. The normalized spacial score (nSPS) is 18.8. The van der Waals surface area contributed by atoms with Crippen molar-refractivity contribution in [3.63, 3.8) is 0 Å². The van der Waals surface area contributed by atoms with Crippen molar-refractivity contribution >= 4 is 28.2 Å². The molecule has 1 aliphatic rings. The molecule has 1 saturated heterocycles. The van der Waals surface area contributed by atoms with E-state index >= 15 is 0 Å². The fraction of sp³-hybridized carbons (Fsp3) is 0.316. The van der Waals surface area contributed by atoms with Crippen LogP contribution in [0.25, 0.3) is 10.6 Å². The van der Waals surface area contributed by atoms with E-state index in [1.807, 2.05) is 0 Å². The Morgan fingerprint density at radius 2 is 2.20 bits per heavy atom. The lowest BCUT2D eigenvalue weighted by Crippen LogP contribution is -2.37. The number of hydrogen-bond donors (Lipinski definition) is 3. The Kier molecular flexibility index (Phi) is 5.74. The first-order valence-electron chi connectivity index (χ1n) is 8.71. The Morgan fingerprint density at radius 3 is 2.80 bits per heavy atom. The number of thiazole rings is 1. The molecule has 1 fully saturated rings. The van der Waals surface area contributed by atoms with E-state index < -0.39 is 30.1 Å². The number of carbonyl (C=O) groups is 2. The van der Waals surface area contributed by atoms with Crippen molar-refractivity contribution in [1.29, 1.82) is 0 Å². The summed E-state index contributed by atoms with van der Waals surface area (Å²) in [6.07, 6.45) is -4.28. The maximum Gasteiger partial charge on any atom is 0.405 e. The monoisotopic (exact) mass is 438 g/mol. The minimum atomic E-state index is -4.47. The average molecular weight is 438 g/mol. The number of aromatic nitrogens is 1. The molecule has 11 heteroatoms. The van der Waals surface area contributed by atoms with Crippen molar-refractivity contribution < 1.29 is 27.9 Å². The second-order valence-corrected chi connectivity index (χ2v) is 7.70. The molecule has 2 amide bonds. The van der Waals surface area contributed by atoms with Gasteiger partial charge in [0, 0.05) is 31.1 Å². The molecular formula is C19H17F3N4O3S. The van der Waals surface area contributed by atoms with Crippen molar-refractivity contribution in [3.8, 4) is 22.4 Å². The number of rotatable bonds is 4. The van der Waals surface area contributed by atoms with Gasteiger partial charge >= 0.3 is 6.18 Å². The zero-order valence-electron chi connectivity index (χ0n) is 15.7. The highest BCUT2D eigenvalue weighted by molar-refractivity contribution is 7.19. The molecule has 0 saturated carbocycles. The summed E-state index contributed by atoms with van der Waals surface area (Å²) in [5.74, 6) is 3.91. The molecule has 1 atom stereocenters. The number of likely N-dealkylation sites (N-methyl/N-ethyl adjacent to an activating group) is 1. The van der Waals surface area contributed by atoms with Crippen molar-refractivity contribution in [2.75, 3.05) is 25.5 Å². The lowest BCUT2D eigenvalue weighted by molar-refractivity contribution is -0.137. The van der Waals surface area contributed by atoms with Crippen LogP contribution in [0, 0.1) is 11.8 Å². The number of halogens is 3. The predicted molar refractivity (Wildman–Crippen MR) is 105 cm³/mol. The summed E-state index contributed by atoms with van der Waals surface area (Å²) in [6.45, 7) is -0.936. The van der Waals surface area contributed by atoms with E-state index in [1.165, 1.54) is 4.90 Å². The summed E-state index contributed by atoms with van der Waals surface area (Å²) in [5, 5.41) is 12.7. The third-order valence-electron chi connectivity index (χ3n) is 4.34. The largest absolute Gasteiger partial charge is 0.405 e. The van der Waals surface area contributed by atoms with Gasteiger partial charge in [-0.2, -0.15) is 13.2 Å². The predicted octanol–water partition coefficient (Wildman–Crippen LogP) is 1.83. The number of primary amides is 1. The molecule has 0 spiro atoms. The summed E-state index contributed by atoms with van der Waals surface area (Å²) in [7, 11) is 1.58. The topological polar surface area (TPSA) is 109 Å². The number of nitrogens with two attached hydrogens (primary N) is 1. The zero-order valence-corrected chi connectivity index (χ0v) is 16.5. The molecule has 30 heavy (non-hydrogen) atoms. The first-order valence-corrected chi connectivity index (χ1v) is 9.53. The van der Waals surface area contributed by atoms with Gasteiger partial charge in [-0.3, -0.25) is 9.59 Å². The van der Waals surface area contributed by atoms with Crippen LogP contribution in [0.2, 0.25) is 0 Å². The minimum absolute atomic E-state index is 0.0831. The molecule has 1 aliphatic heterocycles. The number of hydrogen-bond acceptors (Lipinski definition) is 6. The van der Waals surface area contributed by atoms with Crippen LogP contribution in [0.1, 0.15) is 22.5 Å². The van der Waals surface area contributed by atoms with Gasteiger partial charge in [-0.1, -0.05) is 35.3 Å². The lowest BCUT2D eigenvalue weighted by atomic mass is 10.0. The fourth-order valence-corrected chi connectivity index (χ4v) is 3.75. The summed E-state index contributed by atoms with van der Waals surface area (Å²) < 4.78 is 37.5. The third-order valence-corrected chi connectivity index (χ3v) is 5.40. The van der Waals surface area contributed by atoms with Gasteiger partial charge in [0.2, 0.25) is 5.60 Å². The van der Waals surface area contributed by atoms with Gasteiger partial charge in [0.25, 0.3) is 11.8 Å². The van der Waals surface area contributed by atoms with Crippen LogP contribution in [0.5, 0.6) is 0 Å². The third kappa shape index (κ3) is 4.72. The van der Waals surface area contributed by atoms with Gasteiger partial charge in [0.1, 0.15) is 16.6 Å². The maximum absolute atomic E-state index is 12.5. The number of amides is 2. The molecule has 0 bridgehead atoms. The molecule has 1 aromatic heterocycles. The van der Waals surface area contributed by atoms with Crippen LogP contribution < -0.4 is 11.1 Å². The Hall–Kier alpha value is -3.10. The van der Waals surface area contributed by atoms with Gasteiger partial charge in [0.15, 0.2) is 5.69 Å². The van der Waals surface area contributed by atoms with E-state index in [2.05, 4.69) is 22.1 Å². The number of carbonyl (C=O) groups excluding carboxylic acids is 2. The first kappa shape index (κ1) is 21.6. The van der Waals surface area contributed by atoms with Crippen LogP contribution in [-0.4, -0.2) is 58.7 Å². The number of benzene rings is 1. The number of nitrogens with one attached hydrogen (secondary N) is 1. The molecule has 158 valence electrons. The van der Waals surface area contributed by atoms with Crippen molar-refractivity contribution in [2.24, 2.45) is 5.73 Å². The SMILES string of the molecule is CN1CC[C@@](O)(C#Cc2cccc(-c3nc(C(N)=O)c(NCC(F)(F)F)s3)c2)C1=O. The van der Waals surface area contributed by atoms with E-state index in [4.69, 9.17) is 5.73 Å². The average Bonchev–Trinajstić information content (AvgIpc) is 3.22. The van der Waals surface area contributed by atoms with E-state index in [9.17, 15) is 27.9 Å². The molecule has 0 unspecified atom stereocenters. The van der Waals surface area contributed by atoms with Crippen LogP contribution in [0.15, 0.2) is 24.3 Å². The molecule has 1 aromatic carbocycles. The van der Waals surface area contributed by atoms with Gasteiger partial charge in [-0.15, -0.1) is 0 Å². The lowest BCUT2D eigenvalue weighted by Gasteiger charge is -2.13. The van der Waals surface area contributed by atoms with E-state index in [-0.39, 0.29) is 22.1 Å². The highest BCUT2D eigenvalue weighted by atomic mass is 32.1. The fourth-order valence-electron chi connectivity index (χ4n) is 2.79. The standard InChI is InChI=1S/C19H17F3N4O3S/c1-26-8-7-18(29,17(26)28)6-5-11-3-2-4-12(9-11)15-25-13(14(23)27)16(30-15)24-10-19(20,21)22/h2-4,9,24,29H,7-8,10H2,1H3,(H2,23,27)/t18-/m0/s1. The summed E-state index contributed by atoms with van der Waals surface area (Å²) >= 11 is 0.852. The number of nitrogens with zero attached hydrogens (tertiary/aromatic N) is 2. The molecule has 0 aliphatic carbocycles. The number of likely N-dealkylation sites (tertiary alicyclic amines) is 1. The van der Waals surface area contributed by atoms with Gasteiger partial charge in [-0.25, -0.2) is 4.98 Å². The molecule has 0 radical (unpaired) electrons. The number of aliphatic hydroxyl groups is 1. The Bertz CT molecular complexity index is 1060. The van der Waals surface area contributed by atoms with Crippen LogP contribution in [-0.2, 0) is 4.79 Å². The highest BCUT2D eigenvalue weighted by Crippen LogP contribution is 2.33. The quantitative estimate of drug-likeness (QED) is 0.632. The van der Waals surface area contributed by atoms with Crippen LogP contribution >= 0.6 is 11.3 Å². The van der Waals surface area contributed by atoms with Crippen molar-refractivity contribution in [2.45, 2.75) is 18.2 Å². The minimum Gasteiger partial charge on any atom is -0.369 e. The number of alkyl halides is 3. The number of anilines is 1. The summed E-state index contributed by atoms with van der Waals surface area (Å²) in [5.41, 5.74) is 4.15. The Labute approximate surface area is 173 Å². The molecule has 2 aromatic rings. The van der Waals surface area contributed by atoms with E-state index in [0.717, 1.165) is 11.3 Å². The van der Waals surface area contributed by atoms with Crippen LogP contribution in [0.4, 0.5) is 18.2 Å². The van der Waals surface area contributed by atoms with Crippen molar-refractivity contribution in [1.82, 2.24) is 9.88 Å². The van der Waals surface area contributed by atoms with Crippen molar-refractivity contribution in [3.05, 3.63) is 35.5 Å². The van der Waals surface area contributed by atoms with Crippen LogP contribution in [0.3, 0.4) is 0 Å². The summed E-state index contributed by atoms with van der Waals surface area (Å²) in [6, 6.07) is 6.52. The zero-order chi connectivity index (χ0) is 22.1. The molecule has 7 nitrogen and oxygen atoms in total. The highest BCUT2D eigenvalue weighted by Gasteiger charge is 2.42. The first-order chi connectivity index (χ1) is 14.0. The van der Waals surface area contributed by atoms with Gasteiger partial charge in [0.05, 0.1) is 0 Å². The molecule has 2 heterocycles. The summed E-state index contributed by atoms with van der Waals surface area (Å²) in [4.78, 5) is 29.0. The van der Waals surface area contributed by atoms with Gasteiger partial charge in [-0.05, 0) is 12.1 Å². The molecule has 3 rings (SSSR count). The second-order valence-electron chi connectivity index (χ2n) is 6.70. The van der Waals surface area contributed by atoms with E-state index in [1.54, 1.807) is 31.3 Å². The maximum atomic E-state index is 12.5. The van der Waals surface area contributed by atoms with Gasteiger partial charge < -0.3 is 21.1 Å². The smallest absolute Gasteiger partial charge is 0.369 e.